The highest BCUT2D eigenvalue weighted by molar-refractivity contribution is 5.88. The smallest absolute Gasteiger partial charge is 0.240 e. The van der Waals surface area contributed by atoms with E-state index in [4.69, 9.17) is 5.73 Å². The summed E-state index contributed by atoms with van der Waals surface area (Å²) in [6.07, 6.45) is 1.85. The second-order valence-electron chi connectivity index (χ2n) is 9.26. The van der Waals surface area contributed by atoms with Gasteiger partial charge in [0.05, 0.1) is 22.1 Å². The van der Waals surface area contributed by atoms with Crippen LogP contribution in [0.2, 0.25) is 0 Å². The van der Waals surface area contributed by atoms with Gasteiger partial charge in [-0.2, -0.15) is 0 Å². The van der Waals surface area contributed by atoms with Crippen LogP contribution in [0.5, 0.6) is 0 Å². The van der Waals surface area contributed by atoms with Crippen molar-refractivity contribution in [3.05, 3.63) is 144 Å². The highest BCUT2D eigenvalue weighted by Crippen LogP contribution is 2.42. The summed E-state index contributed by atoms with van der Waals surface area (Å²) < 4.78 is 0. The van der Waals surface area contributed by atoms with Crippen molar-refractivity contribution in [1.82, 2.24) is 15.3 Å². The zero-order valence-corrected chi connectivity index (χ0v) is 20.8. The number of benzene rings is 4. The van der Waals surface area contributed by atoms with Crippen molar-refractivity contribution < 1.29 is 9.59 Å². The number of carbonyl (C=O) groups is 2. The number of rotatable bonds is 9. The third kappa shape index (κ3) is 5.15. The van der Waals surface area contributed by atoms with Gasteiger partial charge in [-0.15, -0.1) is 0 Å². The Morgan fingerprint density at radius 2 is 1.18 bits per heavy atom. The normalized spacial score (nSPS) is 12.1. The molecule has 1 heterocycles. The zero-order chi connectivity index (χ0) is 26.4. The Morgan fingerprint density at radius 3 is 1.68 bits per heavy atom. The van der Waals surface area contributed by atoms with Crippen LogP contribution in [0, 0.1) is 0 Å². The fourth-order valence-corrected chi connectivity index (χ4v) is 4.99. The van der Waals surface area contributed by atoms with E-state index in [0.717, 1.165) is 27.7 Å². The van der Waals surface area contributed by atoms with Crippen molar-refractivity contribution >= 4 is 22.8 Å². The Labute approximate surface area is 221 Å². The molecule has 38 heavy (non-hydrogen) atoms. The molecule has 0 aliphatic heterocycles. The van der Waals surface area contributed by atoms with Crippen LogP contribution < -0.4 is 11.1 Å². The number of nitrogens with one attached hydrogen (secondary N) is 1. The number of fused-ring (bicyclic) bond motifs is 1. The van der Waals surface area contributed by atoms with Crippen molar-refractivity contribution in [2.45, 2.75) is 24.3 Å². The number of nitrogens with zero attached hydrogens (tertiary/aromatic N) is 2. The van der Waals surface area contributed by atoms with Crippen LogP contribution in [-0.4, -0.2) is 27.8 Å². The Balaban J connectivity index is 1.49. The number of hydrogen-bond donors (Lipinski definition) is 2. The van der Waals surface area contributed by atoms with E-state index in [0.29, 0.717) is 5.69 Å². The number of hydrogen-bond acceptors (Lipinski definition) is 4. The van der Waals surface area contributed by atoms with E-state index in [1.165, 1.54) is 0 Å². The molecule has 1 atom stereocenters. The SMILES string of the molecule is NC(=O)[C@H](Cc1cnc2ccccc2n1)NC(=O)CC(c1ccccc1)(c1ccccc1)c1ccccc1. The summed E-state index contributed by atoms with van der Waals surface area (Å²) >= 11 is 0. The molecule has 0 bridgehead atoms. The summed E-state index contributed by atoms with van der Waals surface area (Å²) in [5.74, 6) is -0.919. The van der Waals surface area contributed by atoms with Gasteiger partial charge in [0.15, 0.2) is 0 Å². The van der Waals surface area contributed by atoms with E-state index in [2.05, 4.69) is 15.3 Å². The van der Waals surface area contributed by atoms with Crippen molar-refractivity contribution in [3.8, 4) is 0 Å². The average Bonchev–Trinajstić information content (AvgIpc) is 2.97. The van der Waals surface area contributed by atoms with E-state index in [9.17, 15) is 9.59 Å². The van der Waals surface area contributed by atoms with Gasteiger partial charge < -0.3 is 11.1 Å². The molecule has 3 N–H and O–H groups in total. The number of nitrogens with two attached hydrogens (primary N) is 1. The van der Waals surface area contributed by atoms with Gasteiger partial charge in [-0.3, -0.25) is 14.6 Å². The van der Waals surface area contributed by atoms with Gasteiger partial charge in [-0.05, 0) is 28.8 Å². The van der Waals surface area contributed by atoms with E-state index < -0.39 is 17.4 Å². The highest BCUT2D eigenvalue weighted by atomic mass is 16.2. The molecule has 2 amide bonds. The molecule has 1 aromatic heterocycles. The maximum Gasteiger partial charge on any atom is 0.240 e. The Hall–Kier alpha value is -4.84. The minimum absolute atomic E-state index is 0.0816. The minimum atomic E-state index is -0.932. The quantitative estimate of drug-likeness (QED) is 0.290. The van der Waals surface area contributed by atoms with Crippen molar-refractivity contribution in [2.75, 3.05) is 0 Å². The van der Waals surface area contributed by atoms with Crippen molar-refractivity contribution in [1.29, 1.82) is 0 Å². The van der Waals surface area contributed by atoms with Gasteiger partial charge in [0.2, 0.25) is 11.8 Å². The third-order valence-electron chi connectivity index (χ3n) is 6.82. The highest BCUT2D eigenvalue weighted by Gasteiger charge is 2.39. The topological polar surface area (TPSA) is 98.0 Å². The number of amides is 2. The van der Waals surface area contributed by atoms with Crippen LogP contribution in [0.25, 0.3) is 11.0 Å². The van der Waals surface area contributed by atoms with Crippen molar-refractivity contribution in [2.24, 2.45) is 5.73 Å². The average molecular weight is 501 g/mol. The predicted molar refractivity (Wildman–Crippen MR) is 148 cm³/mol. The Morgan fingerprint density at radius 1 is 0.711 bits per heavy atom. The van der Waals surface area contributed by atoms with Crippen LogP contribution in [-0.2, 0) is 21.4 Å². The molecule has 0 saturated carbocycles. The largest absolute Gasteiger partial charge is 0.368 e. The molecule has 0 unspecified atom stereocenters. The molecule has 0 radical (unpaired) electrons. The number of aromatic nitrogens is 2. The summed E-state index contributed by atoms with van der Waals surface area (Å²) in [6, 6.07) is 36.4. The van der Waals surface area contributed by atoms with Gasteiger partial charge >= 0.3 is 0 Å². The Bertz CT molecular complexity index is 1440. The van der Waals surface area contributed by atoms with Crippen LogP contribution >= 0.6 is 0 Å². The van der Waals surface area contributed by atoms with Crippen LogP contribution in [0.15, 0.2) is 121 Å². The molecule has 5 aromatic rings. The lowest BCUT2D eigenvalue weighted by Gasteiger charge is -2.36. The summed E-state index contributed by atoms with van der Waals surface area (Å²) in [4.78, 5) is 35.2. The van der Waals surface area contributed by atoms with Crippen LogP contribution in [0.4, 0.5) is 0 Å². The summed E-state index contributed by atoms with van der Waals surface area (Å²) in [5, 5.41) is 2.90. The lowest BCUT2D eigenvalue weighted by atomic mass is 9.67. The summed E-state index contributed by atoms with van der Waals surface area (Å²) in [6.45, 7) is 0. The standard InChI is InChI=1S/C32H28N4O2/c33-31(38)29(20-26-22-34-27-18-10-11-19-28(27)35-26)36-30(37)21-32(23-12-4-1-5-13-23,24-14-6-2-7-15-24)25-16-8-3-9-17-25/h1-19,22,29H,20-21H2,(H2,33,38)(H,36,37)/t29-/m0/s1. The van der Waals surface area contributed by atoms with Gasteiger partial charge in [0.25, 0.3) is 0 Å². The first-order valence-electron chi connectivity index (χ1n) is 12.5. The molecule has 5 rings (SSSR count). The van der Waals surface area contributed by atoms with Gasteiger partial charge in [0.1, 0.15) is 6.04 Å². The fourth-order valence-electron chi connectivity index (χ4n) is 4.99. The lowest BCUT2D eigenvalue weighted by Crippen LogP contribution is -2.48. The first-order valence-corrected chi connectivity index (χ1v) is 12.5. The maximum absolute atomic E-state index is 13.7. The monoisotopic (exact) mass is 500 g/mol. The van der Waals surface area contributed by atoms with Crippen molar-refractivity contribution in [3.63, 3.8) is 0 Å². The van der Waals surface area contributed by atoms with E-state index in [1.54, 1.807) is 6.20 Å². The molecular weight excluding hydrogens is 472 g/mol. The first-order chi connectivity index (χ1) is 18.6. The van der Waals surface area contributed by atoms with Gasteiger partial charge in [-0.1, -0.05) is 103 Å². The van der Waals surface area contributed by atoms with Crippen LogP contribution in [0.3, 0.4) is 0 Å². The first kappa shape index (κ1) is 24.8. The molecular formula is C32H28N4O2. The number of para-hydroxylation sites is 2. The van der Waals surface area contributed by atoms with E-state index in [-0.39, 0.29) is 18.7 Å². The molecule has 188 valence electrons. The fraction of sp³-hybridized carbons (Fsp3) is 0.125. The molecule has 0 spiro atoms. The summed E-state index contributed by atoms with van der Waals surface area (Å²) in [5.41, 5.74) is 9.94. The van der Waals surface area contributed by atoms with Crippen LogP contribution in [0.1, 0.15) is 28.8 Å². The predicted octanol–water partition coefficient (Wildman–Crippen LogP) is 4.57. The number of carbonyl (C=O) groups excluding carboxylic acids is 2. The second kappa shape index (κ2) is 11.0. The molecule has 0 aliphatic rings. The second-order valence-corrected chi connectivity index (χ2v) is 9.26. The molecule has 0 aliphatic carbocycles. The molecule has 0 saturated heterocycles. The minimum Gasteiger partial charge on any atom is -0.368 e. The van der Waals surface area contributed by atoms with E-state index >= 15 is 0 Å². The molecule has 4 aromatic carbocycles. The Kier molecular flexibility index (Phi) is 7.22. The van der Waals surface area contributed by atoms with Gasteiger partial charge in [0, 0.05) is 19.0 Å². The maximum atomic E-state index is 13.7. The molecule has 6 heteroatoms. The third-order valence-corrected chi connectivity index (χ3v) is 6.82. The van der Waals surface area contributed by atoms with Gasteiger partial charge in [-0.25, -0.2) is 4.98 Å². The number of primary amides is 1. The lowest BCUT2D eigenvalue weighted by molar-refractivity contribution is -0.127. The molecule has 6 nitrogen and oxygen atoms in total. The molecule has 0 fully saturated rings. The summed E-state index contributed by atoms with van der Waals surface area (Å²) in [7, 11) is 0. The van der Waals surface area contributed by atoms with E-state index in [1.807, 2.05) is 115 Å². The zero-order valence-electron chi connectivity index (χ0n) is 20.8.